The molecular formula is C14H20ClFN2. The van der Waals surface area contributed by atoms with E-state index in [0.717, 1.165) is 39.0 Å². The van der Waals surface area contributed by atoms with E-state index in [0.29, 0.717) is 16.6 Å². The summed E-state index contributed by atoms with van der Waals surface area (Å²) in [7, 11) is 0. The van der Waals surface area contributed by atoms with Crippen LogP contribution in [0.25, 0.3) is 0 Å². The maximum absolute atomic E-state index is 13.7. The van der Waals surface area contributed by atoms with Gasteiger partial charge in [0.25, 0.3) is 0 Å². The lowest BCUT2D eigenvalue weighted by Gasteiger charge is -2.19. The number of rotatable bonds is 5. The molecule has 2 rings (SSSR count). The van der Waals surface area contributed by atoms with E-state index >= 15 is 0 Å². The highest BCUT2D eigenvalue weighted by molar-refractivity contribution is 6.30. The van der Waals surface area contributed by atoms with Crippen molar-refractivity contribution in [3.05, 3.63) is 29.0 Å². The van der Waals surface area contributed by atoms with Crippen LogP contribution in [0.2, 0.25) is 5.02 Å². The molecule has 2 nitrogen and oxygen atoms in total. The van der Waals surface area contributed by atoms with Crippen LogP contribution in [0.15, 0.2) is 18.2 Å². The lowest BCUT2D eigenvalue weighted by molar-refractivity contribution is 0.515. The highest BCUT2D eigenvalue weighted by atomic mass is 35.5. The molecule has 1 aliphatic heterocycles. The smallest absolute Gasteiger partial charge is 0.146 e. The van der Waals surface area contributed by atoms with E-state index < -0.39 is 0 Å². The first-order valence-corrected chi connectivity index (χ1v) is 6.99. The molecule has 1 aromatic carbocycles. The minimum Gasteiger partial charge on any atom is -0.369 e. The summed E-state index contributed by atoms with van der Waals surface area (Å²) in [4.78, 5) is 2.10. The quantitative estimate of drug-likeness (QED) is 0.826. The van der Waals surface area contributed by atoms with E-state index in [-0.39, 0.29) is 5.82 Å². The number of nitrogens with zero attached hydrogens (tertiary/aromatic N) is 1. The molecule has 0 bridgehead atoms. The summed E-state index contributed by atoms with van der Waals surface area (Å²) in [6.45, 7) is 6.06. The first-order chi connectivity index (χ1) is 8.70. The summed E-state index contributed by atoms with van der Waals surface area (Å²) in [6.07, 6.45) is 2.27. The van der Waals surface area contributed by atoms with Crippen LogP contribution in [0, 0.1) is 11.7 Å². The molecule has 0 aromatic heterocycles. The van der Waals surface area contributed by atoms with Crippen molar-refractivity contribution in [2.45, 2.75) is 19.8 Å². The zero-order chi connectivity index (χ0) is 13.0. The zero-order valence-electron chi connectivity index (χ0n) is 10.8. The minimum absolute atomic E-state index is 0.179. The molecule has 1 unspecified atom stereocenters. The van der Waals surface area contributed by atoms with Crippen LogP contribution >= 0.6 is 11.6 Å². The summed E-state index contributed by atoms with van der Waals surface area (Å²) >= 11 is 5.93. The molecule has 1 N–H and O–H groups in total. The normalized spacial score (nSPS) is 19.5. The maximum Gasteiger partial charge on any atom is 0.146 e. The van der Waals surface area contributed by atoms with Crippen LogP contribution in [0.3, 0.4) is 0 Å². The number of nitrogens with one attached hydrogen (secondary N) is 1. The molecule has 1 atom stereocenters. The highest BCUT2D eigenvalue weighted by Crippen LogP contribution is 2.28. The van der Waals surface area contributed by atoms with Crippen molar-refractivity contribution >= 4 is 17.3 Å². The summed E-state index contributed by atoms with van der Waals surface area (Å²) in [6, 6.07) is 4.76. The van der Waals surface area contributed by atoms with Gasteiger partial charge in [0.1, 0.15) is 5.82 Å². The van der Waals surface area contributed by atoms with E-state index in [1.54, 1.807) is 12.1 Å². The lowest BCUT2D eigenvalue weighted by Crippen LogP contribution is -2.27. The van der Waals surface area contributed by atoms with E-state index in [4.69, 9.17) is 11.6 Å². The number of halogens is 2. The second-order valence-corrected chi connectivity index (χ2v) is 5.34. The summed E-state index contributed by atoms with van der Waals surface area (Å²) < 4.78 is 13.7. The maximum atomic E-state index is 13.7. The monoisotopic (exact) mass is 270 g/mol. The molecule has 0 spiro atoms. The molecule has 1 aromatic rings. The fourth-order valence-electron chi connectivity index (χ4n) is 2.43. The molecule has 1 aliphatic rings. The van der Waals surface area contributed by atoms with Crippen LogP contribution in [0.1, 0.15) is 19.8 Å². The lowest BCUT2D eigenvalue weighted by atomic mass is 10.1. The van der Waals surface area contributed by atoms with Crippen molar-refractivity contribution in [3.8, 4) is 0 Å². The Morgan fingerprint density at radius 1 is 1.50 bits per heavy atom. The Morgan fingerprint density at radius 3 is 3.11 bits per heavy atom. The molecule has 0 amide bonds. The van der Waals surface area contributed by atoms with Gasteiger partial charge >= 0.3 is 0 Å². The van der Waals surface area contributed by atoms with Gasteiger partial charge in [0.05, 0.1) is 5.69 Å². The Labute approximate surface area is 113 Å². The first-order valence-electron chi connectivity index (χ1n) is 6.61. The molecule has 0 saturated carbocycles. The van der Waals surface area contributed by atoms with E-state index in [9.17, 15) is 4.39 Å². The van der Waals surface area contributed by atoms with E-state index in [2.05, 4.69) is 17.1 Å². The average molecular weight is 271 g/mol. The zero-order valence-corrected chi connectivity index (χ0v) is 11.5. The second-order valence-electron chi connectivity index (χ2n) is 4.90. The molecule has 100 valence electrons. The van der Waals surface area contributed by atoms with Gasteiger partial charge in [-0.2, -0.15) is 0 Å². The third-order valence-corrected chi connectivity index (χ3v) is 3.63. The van der Waals surface area contributed by atoms with Crippen LogP contribution in [-0.2, 0) is 0 Å². The fourth-order valence-corrected chi connectivity index (χ4v) is 2.60. The van der Waals surface area contributed by atoms with Crippen LogP contribution < -0.4 is 10.2 Å². The SMILES string of the molecule is CCCNCC1CCN(c2cc(Cl)ccc2F)C1. The van der Waals surface area contributed by atoms with Gasteiger partial charge in [-0.05, 0) is 50.0 Å². The van der Waals surface area contributed by atoms with Gasteiger partial charge in [0.2, 0.25) is 0 Å². The van der Waals surface area contributed by atoms with Gasteiger partial charge in [-0.15, -0.1) is 0 Å². The Balaban J connectivity index is 1.93. The molecule has 18 heavy (non-hydrogen) atoms. The molecule has 1 saturated heterocycles. The predicted molar refractivity (Wildman–Crippen MR) is 74.9 cm³/mol. The molecule has 0 radical (unpaired) electrons. The van der Waals surface area contributed by atoms with Crippen LogP contribution in [0.5, 0.6) is 0 Å². The number of anilines is 1. The average Bonchev–Trinajstić information content (AvgIpc) is 2.81. The highest BCUT2D eigenvalue weighted by Gasteiger charge is 2.24. The summed E-state index contributed by atoms with van der Waals surface area (Å²) in [5.74, 6) is 0.427. The van der Waals surface area contributed by atoms with Gasteiger partial charge in [-0.1, -0.05) is 18.5 Å². The summed E-state index contributed by atoms with van der Waals surface area (Å²) in [5.41, 5.74) is 0.639. The van der Waals surface area contributed by atoms with Gasteiger partial charge in [0.15, 0.2) is 0 Å². The second kappa shape index (κ2) is 6.39. The van der Waals surface area contributed by atoms with E-state index in [1.165, 1.54) is 6.07 Å². The first kappa shape index (κ1) is 13.6. The van der Waals surface area contributed by atoms with Crippen molar-refractivity contribution in [1.82, 2.24) is 5.32 Å². The number of hydrogen-bond acceptors (Lipinski definition) is 2. The molecule has 1 fully saturated rings. The number of benzene rings is 1. The van der Waals surface area contributed by atoms with Crippen LogP contribution in [0.4, 0.5) is 10.1 Å². The van der Waals surface area contributed by atoms with Crippen molar-refractivity contribution in [2.75, 3.05) is 31.1 Å². The molecule has 0 aliphatic carbocycles. The summed E-state index contributed by atoms with van der Waals surface area (Å²) in [5, 5.41) is 4.02. The minimum atomic E-state index is -0.179. The van der Waals surface area contributed by atoms with Gasteiger partial charge in [0, 0.05) is 18.1 Å². The largest absolute Gasteiger partial charge is 0.369 e. The predicted octanol–water partition coefficient (Wildman–Crippen LogP) is 3.31. The molecule has 4 heteroatoms. The Morgan fingerprint density at radius 2 is 2.33 bits per heavy atom. The molecular weight excluding hydrogens is 251 g/mol. The van der Waals surface area contributed by atoms with E-state index in [1.807, 2.05) is 0 Å². The third-order valence-electron chi connectivity index (χ3n) is 3.39. The fraction of sp³-hybridized carbons (Fsp3) is 0.571. The topological polar surface area (TPSA) is 15.3 Å². The number of hydrogen-bond donors (Lipinski definition) is 1. The van der Waals surface area contributed by atoms with Gasteiger partial charge < -0.3 is 10.2 Å². The Hall–Kier alpha value is -0.800. The Kier molecular flexibility index (Phi) is 4.84. The standard InChI is InChI=1S/C14H20ClFN2/c1-2-6-17-9-11-5-7-18(10-11)14-8-12(15)3-4-13(14)16/h3-4,8,11,17H,2,5-7,9-10H2,1H3. The van der Waals surface area contributed by atoms with Crippen LogP contribution in [-0.4, -0.2) is 26.2 Å². The third kappa shape index (κ3) is 3.36. The van der Waals surface area contributed by atoms with Gasteiger partial charge in [-0.3, -0.25) is 0 Å². The Bertz CT molecular complexity index is 397. The molecule has 1 heterocycles. The van der Waals surface area contributed by atoms with Crippen molar-refractivity contribution in [3.63, 3.8) is 0 Å². The van der Waals surface area contributed by atoms with Crippen molar-refractivity contribution in [1.29, 1.82) is 0 Å². The van der Waals surface area contributed by atoms with Crippen molar-refractivity contribution in [2.24, 2.45) is 5.92 Å². The van der Waals surface area contributed by atoms with Crippen molar-refractivity contribution < 1.29 is 4.39 Å². The van der Waals surface area contributed by atoms with Gasteiger partial charge in [-0.25, -0.2) is 4.39 Å².